The lowest BCUT2D eigenvalue weighted by atomic mass is 9.85. The SMILES string of the molecule is CCn1c2c(c3ccc(C4CCN(CC5CN(c6ccc(-c7ccc8c(c7)C(C)(C)C(=O)N8c7ccc(C#N)c(Cl)c7)c(F)n6)C5)CC4)cc31)C(=O)N(C1CCC(=O)NC1=O)C2=O. The minimum atomic E-state index is -1.00. The average molecular weight is 867 g/mol. The molecule has 3 fully saturated rings. The van der Waals surface area contributed by atoms with Crippen molar-refractivity contribution in [3.05, 3.63) is 106 Å². The van der Waals surface area contributed by atoms with E-state index < -0.39 is 41.0 Å². The van der Waals surface area contributed by atoms with E-state index in [1.54, 1.807) is 35.2 Å². The van der Waals surface area contributed by atoms with Crippen LogP contribution in [0.3, 0.4) is 0 Å². The van der Waals surface area contributed by atoms with E-state index in [0.29, 0.717) is 68.9 Å². The number of nitriles is 1. The van der Waals surface area contributed by atoms with Crippen LogP contribution < -0.4 is 15.1 Å². The maximum Gasteiger partial charge on any atom is 0.278 e. The number of nitrogens with one attached hydrogen (secondary N) is 1. The van der Waals surface area contributed by atoms with Crippen LogP contribution in [0.4, 0.5) is 21.6 Å². The minimum Gasteiger partial charge on any atom is -0.356 e. The summed E-state index contributed by atoms with van der Waals surface area (Å²) in [5, 5.41) is 12.5. The van der Waals surface area contributed by atoms with Crippen molar-refractivity contribution >= 4 is 69.2 Å². The monoisotopic (exact) mass is 866 g/mol. The second kappa shape index (κ2) is 15.1. The largest absolute Gasteiger partial charge is 0.356 e. The normalized spacial score (nSPS) is 20.3. The van der Waals surface area contributed by atoms with Crippen LogP contribution in [0.1, 0.15) is 89.9 Å². The molecule has 5 aromatic rings. The fourth-order valence-corrected chi connectivity index (χ4v) is 10.5. The first-order valence-corrected chi connectivity index (χ1v) is 21.9. The van der Waals surface area contributed by atoms with Gasteiger partial charge >= 0.3 is 0 Å². The third-order valence-corrected chi connectivity index (χ3v) is 14.1. The number of rotatable bonds is 8. The molecule has 320 valence electrons. The van der Waals surface area contributed by atoms with Gasteiger partial charge in [0.2, 0.25) is 23.7 Å². The van der Waals surface area contributed by atoms with Crippen molar-refractivity contribution in [1.29, 1.82) is 5.26 Å². The van der Waals surface area contributed by atoms with E-state index in [2.05, 4.69) is 32.2 Å². The van der Waals surface area contributed by atoms with Gasteiger partial charge < -0.3 is 14.4 Å². The van der Waals surface area contributed by atoms with Gasteiger partial charge in [-0.2, -0.15) is 9.65 Å². The van der Waals surface area contributed by atoms with Gasteiger partial charge in [-0.05, 0) is 124 Å². The standard InChI is InChI=1S/C48H44ClFN8O5/c1-4-56-38-20-28(6-9-33(38)41-42(56)46(62)58(45(41)61)37-12-14-40(59)53-44(37)60)27-15-17-54(18-16-27)23-26-24-55(25-26)39-13-10-32(43(50)52-39)29-7-11-36-34(19-29)48(2,3)47(63)57(36)31-8-5-30(22-51)35(49)21-31/h5-11,13,19-21,26-27,37H,4,12,14-18,23-25H2,1-3H3,(H,53,59,60). The molecule has 0 aliphatic carbocycles. The molecular formula is C48H44ClFN8O5. The van der Waals surface area contributed by atoms with E-state index >= 15 is 4.39 Å². The molecule has 1 unspecified atom stereocenters. The van der Waals surface area contributed by atoms with Crippen LogP contribution in [0.15, 0.2) is 66.7 Å². The van der Waals surface area contributed by atoms with E-state index in [4.69, 9.17) is 11.6 Å². The van der Waals surface area contributed by atoms with Crippen molar-refractivity contribution in [1.82, 2.24) is 24.7 Å². The number of nitrogens with zero attached hydrogens (tertiary/aromatic N) is 7. The molecule has 3 saturated heterocycles. The molecule has 5 aliphatic rings. The fourth-order valence-electron chi connectivity index (χ4n) is 10.3. The highest BCUT2D eigenvalue weighted by atomic mass is 35.5. The van der Waals surface area contributed by atoms with Crippen LogP contribution in [-0.2, 0) is 26.3 Å². The molecule has 0 radical (unpaired) electrons. The number of carbonyl (C=O) groups is 5. The van der Waals surface area contributed by atoms with E-state index in [0.717, 1.165) is 61.5 Å². The number of aromatic nitrogens is 2. The van der Waals surface area contributed by atoms with Crippen molar-refractivity contribution in [3.63, 3.8) is 0 Å². The highest BCUT2D eigenvalue weighted by Gasteiger charge is 2.48. The van der Waals surface area contributed by atoms with E-state index in [1.807, 2.05) is 55.7 Å². The van der Waals surface area contributed by atoms with E-state index in [9.17, 15) is 29.2 Å². The van der Waals surface area contributed by atoms with Gasteiger partial charge in [0.15, 0.2) is 0 Å². The molecule has 10 rings (SSSR count). The van der Waals surface area contributed by atoms with Crippen LogP contribution in [0.25, 0.3) is 22.0 Å². The smallest absolute Gasteiger partial charge is 0.278 e. The number of aryl methyl sites for hydroxylation is 1. The van der Waals surface area contributed by atoms with E-state index in [1.165, 1.54) is 5.56 Å². The molecule has 63 heavy (non-hydrogen) atoms. The van der Waals surface area contributed by atoms with Crippen molar-refractivity contribution < 1.29 is 28.4 Å². The molecule has 0 bridgehead atoms. The van der Waals surface area contributed by atoms with Crippen LogP contribution >= 0.6 is 11.6 Å². The summed E-state index contributed by atoms with van der Waals surface area (Å²) in [5.41, 5.74) is 5.07. The van der Waals surface area contributed by atoms with Crippen LogP contribution in [0.2, 0.25) is 5.02 Å². The lowest BCUT2D eigenvalue weighted by molar-refractivity contribution is -0.136. The number of fused-ring (bicyclic) bond motifs is 4. The van der Waals surface area contributed by atoms with Crippen molar-refractivity contribution in [2.45, 2.75) is 70.4 Å². The highest BCUT2D eigenvalue weighted by molar-refractivity contribution is 6.32. The Morgan fingerprint density at radius 2 is 1.71 bits per heavy atom. The van der Waals surface area contributed by atoms with E-state index in [-0.39, 0.29) is 23.8 Å². The Morgan fingerprint density at radius 3 is 2.41 bits per heavy atom. The molecule has 5 aliphatic heterocycles. The molecular weight excluding hydrogens is 823 g/mol. The molecule has 15 heteroatoms. The second-order valence-corrected chi connectivity index (χ2v) is 18.2. The third-order valence-electron chi connectivity index (χ3n) is 13.8. The lowest BCUT2D eigenvalue weighted by Gasteiger charge is -2.43. The Kier molecular flexibility index (Phi) is 9.76. The number of hydrogen-bond acceptors (Lipinski definition) is 9. The maximum absolute atomic E-state index is 15.8. The van der Waals surface area contributed by atoms with Crippen molar-refractivity contribution in [3.8, 4) is 17.2 Å². The fraction of sp³-hybridized carbons (Fsp3) is 0.354. The molecule has 2 aromatic heterocycles. The quantitative estimate of drug-likeness (QED) is 0.128. The lowest BCUT2D eigenvalue weighted by Crippen LogP contribution is -2.54. The van der Waals surface area contributed by atoms with Gasteiger partial charge in [0.25, 0.3) is 11.8 Å². The van der Waals surface area contributed by atoms with Crippen molar-refractivity contribution in [2.24, 2.45) is 5.92 Å². The first kappa shape index (κ1) is 40.6. The first-order chi connectivity index (χ1) is 30.3. The molecule has 7 heterocycles. The predicted octanol–water partition coefficient (Wildman–Crippen LogP) is 7.06. The summed E-state index contributed by atoms with van der Waals surface area (Å²) in [6, 6.07) is 21.2. The number of amides is 5. The number of piperidine rings is 2. The molecule has 3 aromatic carbocycles. The Labute approximate surface area is 368 Å². The second-order valence-electron chi connectivity index (χ2n) is 17.8. The zero-order valence-corrected chi connectivity index (χ0v) is 35.8. The zero-order valence-electron chi connectivity index (χ0n) is 35.1. The summed E-state index contributed by atoms with van der Waals surface area (Å²) in [7, 11) is 0. The number of carbonyl (C=O) groups excluding carboxylic acids is 5. The molecule has 0 spiro atoms. The van der Waals surface area contributed by atoms with Crippen molar-refractivity contribution in [2.75, 3.05) is 42.5 Å². The van der Waals surface area contributed by atoms with Crippen LogP contribution in [0.5, 0.6) is 0 Å². The summed E-state index contributed by atoms with van der Waals surface area (Å²) in [6.07, 6.45) is 2.14. The predicted molar refractivity (Wildman–Crippen MR) is 234 cm³/mol. The summed E-state index contributed by atoms with van der Waals surface area (Å²) < 4.78 is 17.7. The van der Waals surface area contributed by atoms with Gasteiger partial charge in [-0.15, -0.1) is 0 Å². The van der Waals surface area contributed by atoms with Gasteiger partial charge in [0, 0.05) is 55.0 Å². The van der Waals surface area contributed by atoms with Gasteiger partial charge in [-0.3, -0.25) is 39.1 Å². The molecule has 1 atom stereocenters. The molecule has 1 N–H and O–H groups in total. The van der Waals surface area contributed by atoms with Gasteiger partial charge in [-0.25, -0.2) is 4.98 Å². The first-order valence-electron chi connectivity index (χ1n) is 21.5. The van der Waals surface area contributed by atoms with Gasteiger partial charge in [0.1, 0.15) is 23.6 Å². The Bertz CT molecular complexity index is 2870. The number of likely N-dealkylation sites (tertiary alicyclic amines) is 1. The number of anilines is 3. The number of hydrogen-bond donors (Lipinski definition) is 1. The van der Waals surface area contributed by atoms with Crippen LogP contribution in [-0.4, -0.2) is 87.7 Å². The maximum atomic E-state index is 15.8. The molecule has 0 saturated carbocycles. The number of imide groups is 2. The Morgan fingerprint density at radius 1 is 0.937 bits per heavy atom. The molecule has 5 amide bonds. The highest BCUT2D eigenvalue weighted by Crippen LogP contribution is 2.48. The Balaban J connectivity index is 0.762. The summed E-state index contributed by atoms with van der Waals surface area (Å²) in [5.74, 6) is -1.37. The van der Waals surface area contributed by atoms with Crippen LogP contribution in [0, 0.1) is 23.2 Å². The Hall–Kier alpha value is -6.43. The van der Waals surface area contributed by atoms with Gasteiger partial charge in [-0.1, -0.05) is 29.8 Å². The number of benzene rings is 3. The molecule has 13 nitrogen and oxygen atoms in total. The topological polar surface area (TPSA) is 152 Å². The summed E-state index contributed by atoms with van der Waals surface area (Å²) in [6.45, 7) is 10.5. The average Bonchev–Trinajstić information content (AvgIpc) is 3.79. The number of pyridine rings is 1. The minimum absolute atomic E-state index is 0.0754. The number of halogens is 2. The third kappa shape index (κ3) is 6.51. The summed E-state index contributed by atoms with van der Waals surface area (Å²) in [4.78, 5) is 77.0. The summed E-state index contributed by atoms with van der Waals surface area (Å²) >= 11 is 6.32. The van der Waals surface area contributed by atoms with Gasteiger partial charge in [0.05, 0.1) is 32.9 Å². The zero-order chi connectivity index (χ0) is 44.1.